The summed E-state index contributed by atoms with van der Waals surface area (Å²) in [6.45, 7) is 4.92. The highest BCUT2D eigenvalue weighted by atomic mass is 16.5. The van der Waals surface area contributed by atoms with Crippen molar-refractivity contribution in [3.05, 3.63) is 35.5 Å². The Labute approximate surface area is 122 Å². The van der Waals surface area contributed by atoms with Crippen molar-refractivity contribution in [2.45, 2.75) is 26.4 Å². The number of aromatic nitrogens is 4. The van der Waals surface area contributed by atoms with E-state index in [1.165, 1.54) is 0 Å². The molecule has 1 fully saturated rings. The molecular formula is C14H17N5O2. The van der Waals surface area contributed by atoms with Gasteiger partial charge in [-0.2, -0.15) is 5.10 Å². The van der Waals surface area contributed by atoms with Crippen LogP contribution in [0.3, 0.4) is 0 Å². The van der Waals surface area contributed by atoms with Crippen molar-refractivity contribution in [2.75, 3.05) is 13.1 Å². The zero-order valence-corrected chi connectivity index (χ0v) is 12.0. The van der Waals surface area contributed by atoms with Crippen LogP contribution in [0.2, 0.25) is 0 Å². The Morgan fingerprint density at radius 1 is 1.43 bits per heavy atom. The average molecular weight is 287 g/mol. The summed E-state index contributed by atoms with van der Waals surface area (Å²) in [6, 6.07) is 0. The van der Waals surface area contributed by atoms with Gasteiger partial charge in [-0.25, -0.2) is 4.98 Å². The standard InChI is InChI=1S/C14H17N5O2/c1-9-13(10(2)18-17-9)14(20)19-6-3-11(8-19)21-12-7-15-4-5-16-12/h4-5,7,11H,3,6,8H2,1-2H3,(H,17,18). The molecule has 1 saturated heterocycles. The highest BCUT2D eigenvalue weighted by Gasteiger charge is 2.30. The van der Waals surface area contributed by atoms with E-state index in [0.29, 0.717) is 24.5 Å². The Morgan fingerprint density at radius 2 is 2.29 bits per heavy atom. The lowest BCUT2D eigenvalue weighted by atomic mass is 10.2. The van der Waals surface area contributed by atoms with Gasteiger partial charge >= 0.3 is 0 Å². The summed E-state index contributed by atoms with van der Waals surface area (Å²) in [5.74, 6) is 0.497. The maximum Gasteiger partial charge on any atom is 0.257 e. The van der Waals surface area contributed by atoms with Crippen molar-refractivity contribution >= 4 is 5.91 Å². The predicted molar refractivity (Wildman–Crippen MR) is 75.0 cm³/mol. The molecule has 3 heterocycles. The second kappa shape index (κ2) is 5.51. The molecule has 0 aliphatic carbocycles. The summed E-state index contributed by atoms with van der Waals surface area (Å²) in [5, 5.41) is 6.92. The quantitative estimate of drug-likeness (QED) is 0.914. The van der Waals surface area contributed by atoms with Crippen LogP contribution in [-0.2, 0) is 0 Å². The van der Waals surface area contributed by atoms with Crippen LogP contribution in [0.1, 0.15) is 28.2 Å². The molecule has 7 heteroatoms. The van der Waals surface area contributed by atoms with Crippen molar-refractivity contribution in [3.63, 3.8) is 0 Å². The molecule has 7 nitrogen and oxygen atoms in total. The molecule has 0 aromatic carbocycles. The van der Waals surface area contributed by atoms with Gasteiger partial charge in [-0.05, 0) is 13.8 Å². The Morgan fingerprint density at radius 3 is 2.95 bits per heavy atom. The summed E-state index contributed by atoms with van der Waals surface area (Å²) < 4.78 is 5.74. The molecular weight excluding hydrogens is 270 g/mol. The topological polar surface area (TPSA) is 84.0 Å². The van der Waals surface area contributed by atoms with Gasteiger partial charge in [0.15, 0.2) is 0 Å². The Balaban J connectivity index is 1.66. The first-order valence-electron chi connectivity index (χ1n) is 6.88. The SMILES string of the molecule is Cc1n[nH]c(C)c1C(=O)N1CCC(Oc2cnccn2)C1. The van der Waals surface area contributed by atoms with E-state index >= 15 is 0 Å². The van der Waals surface area contributed by atoms with Crippen LogP contribution in [0.5, 0.6) is 5.88 Å². The molecule has 2 aromatic rings. The van der Waals surface area contributed by atoms with Crippen LogP contribution in [0.25, 0.3) is 0 Å². The zero-order valence-electron chi connectivity index (χ0n) is 12.0. The largest absolute Gasteiger partial charge is 0.471 e. The van der Waals surface area contributed by atoms with E-state index < -0.39 is 0 Å². The molecule has 1 amide bonds. The molecule has 0 radical (unpaired) electrons. The maximum atomic E-state index is 12.5. The molecule has 1 aliphatic heterocycles. The number of hydrogen-bond donors (Lipinski definition) is 1. The smallest absolute Gasteiger partial charge is 0.257 e. The molecule has 1 atom stereocenters. The minimum atomic E-state index is -0.0434. The number of H-pyrrole nitrogens is 1. The van der Waals surface area contributed by atoms with Gasteiger partial charge < -0.3 is 9.64 Å². The zero-order chi connectivity index (χ0) is 14.8. The number of carbonyl (C=O) groups is 1. The number of likely N-dealkylation sites (tertiary alicyclic amines) is 1. The van der Waals surface area contributed by atoms with Crippen LogP contribution in [-0.4, -0.2) is 50.2 Å². The normalized spacial score (nSPS) is 18.0. The van der Waals surface area contributed by atoms with Crippen molar-refractivity contribution in [2.24, 2.45) is 0 Å². The van der Waals surface area contributed by atoms with E-state index in [9.17, 15) is 4.79 Å². The van der Waals surface area contributed by atoms with E-state index in [2.05, 4.69) is 20.2 Å². The number of amides is 1. The number of aromatic amines is 1. The van der Waals surface area contributed by atoms with E-state index in [-0.39, 0.29) is 12.0 Å². The van der Waals surface area contributed by atoms with Crippen LogP contribution < -0.4 is 4.74 Å². The summed E-state index contributed by atoms with van der Waals surface area (Å²) >= 11 is 0. The number of ether oxygens (including phenoxy) is 1. The molecule has 0 spiro atoms. The van der Waals surface area contributed by atoms with Crippen LogP contribution in [0.4, 0.5) is 0 Å². The van der Waals surface area contributed by atoms with Crippen LogP contribution >= 0.6 is 0 Å². The number of nitrogens with zero attached hydrogens (tertiary/aromatic N) is 4. The van der Waals surface area contributed by atoms with Crippen LogP contribution in [0.15, 0.2) is 18.6 Å². The van der Waals surface area contributed by atoms with Gasteiger partial charge in [0.25, 0.3) is 5.91 Å². The highest BCUT2D eigenvalue weighted by Crippen LogP contribution is 2.20. The lowest BCUT2D eigenvalue weighted by Gasteiger charge is -2.17. The predicted octanol–water partition coefficient (Wildman–Crippen LogP) is 1.11. The first-order chi connectivity index (χ1) is 10.1. The van der Waals surface area contributed by atoms with Crippen molar-refractivity contribution in [1.82, 2.24) is 25.1 Å². The molecule has 0 saturated carbocycles. The first-order valence-corrected chi connectivity index (χ1v) is 6.88. The fraction of sp³-hybridized carbons (Fsp3) is 0.429. The molecule has 1 N–H and O–H groups in total. The highest BCUT2D eigenvalue weighted by molar-refractivity contribution is 5.96. The monoisotopic (exact) mass is 287 g/mol. The van der Waals surface area contributed by atoms with Crippen molar-refractivity contribution in [1.29, 1.82) is 0 Å². The minimum Gasteiger partial charge on any atom is -0.471 e. The third kappa shape index (κ3) is 2.72. The van der Waals surface area contributed by atoms with E-state index in [0.717, 1.165) is 17.8 Å². The summed E-state index contributed by atoms with van der Waals surface area (Å²) in [5.41, 5.74) is 2.20. The number of carbonyl (C=O) groups excluding carboxylic acids is 1. The van der Waals surface area contributed by atoms with Gasteiger partial charge in [0.2, 0.25) is 5.88 Å². The summed E-state index contributed by atoms with van der Waals surface area (Å²) in [4.78, 5) is 22.4. The van der Waals surface area contributed by atoms with Gasteiger partial charge in [-0.3, -0.25) is 14.9 Å². The lowest BCUT2D eigenvalue weighted by Crippen LogP contribution is -2.31. The Kier molecular flexibility index (Phi) is 3.55. The van der Waals surface area contributed by atoms with E-state index in [4.69, 9.17) is 4.74 Å². The third-order valence-electron chi connectivity index (χ3n) is 3.60. The molecule has 1 aliphatic rings. The van der Waals surface area contributed by atoms with Gasteiger partial charge in [0, 0.05) is 31.1 Å². The van der Waals surface area contributed by atoms with Gasteiger partial charge in [0.1, 0.15) is 6.10 Å². The number of rotatable bonds is 3. The van der Waals surface area contributed by atoms with Crippen molar-refractivity contribution < 1.29 is 9.53 Å². The number of aryl methyl sites for hydroxylation is 2. The van der Waals surface area contributed by atoms with E-state index in [1.54, 1.807) is 23.5 Å². The molecule has 0 bridgehead atoms. The van der Waals surface area contributed by atoms with Gasteiger partial charge in [-0.15, -0.1) is 0 Å². The lowest BCUT2D eigenvalue weighted by molar-refractivity contribution is 0.0769. The molecule has 110 valence electrons. The molecule has 21 heavy (non-hydrogen) atoms. The van der Waals surface area contributed by atoms with Gasteiger partial charge in [0.05, 0.1) is 24.0 Å². The number of nitrogens with one attached hydrogen (secondary N) is 1. The number of hydrogen-bond acceptors (Lipinski definition) is 5. The van der Waals surface area contributed by atoms with E-state index in [1.807, 2.05) is 13.8 Å². The van der Waals surface area contributed by atoms with Crippen molar-refractivity contribution in [3.8, 4) is 5.88 Å². The summed E-state index contributed by atoms with van der Waals surface area (Å²) in [7, 11) is 0. The van der Waals surface area contributed by atoms with Crippen LogP contribution in [0, 0.1) is 13.8 Å². The van der Waals surface area contributed by atoms with Gasteiger partial charge in [-0.1, -0.05) is 0 Å². The summed E-state index contributed by atoms with van der Waals surface area (Å²) in [6.07, 6.45) is 5.51. The second-order valence-electron chi connectivity index (χ2n) is 5.13. The molecule has 3 rings (SSSR count). The fourth-order valence-electron chi connectivity index (χ4n) is 2.55. The molecule has 1 unspecified atom stereocenters. The molecule has 2 aromatic heterocycles. The fourth-order valence-corrected chi connectivity index (χ4v) is 2.55. The third-order valence-corrected chi connectivity index (χ3v) is 3.60. The minimum absolute atomic E-state index is 0.00370. The first kappa shape index (κ1) is 13.5. The Bertz CT molecular complexity index is 621. The Hall–Kier alpha value is -2.44. The average Bonchev–Trinajstić information content (AvgIpc) is 3.07. The maximum absolute atomic E-state index is 12.5. The second-order valence-corrected chi connectivity index (χ2v) is 5.13.